The van der Waals surface area contributed by atoms with Crippen LogP contribution >= 0.6 is 0 Å². The Balaban J connectivity index is 1.61. The number of carbonyl (C=O) groups excluding carboxylic acids is 1. The van der Waals surface area contributed by atoms with Crippen LogP contribution in [0.25, 0.3) is 11.1 Å². The van der Waals surface area contributed by atoms with Crippen molar-refractivity contribution >= 4 is 5.91 Å². The molecule has 0 radical (unpaired) electrons. The lowest BCUT2D eigenvalue weighted by molar-refractivity contribution is 0.0840. The van der Waals surface area contributed by atoms with Crippen LogP contribution in [0.1, 0.15) is 36.0 Å². The molecule has 1 atom stereocenters. The second-order valence-electron chi connectivity index (χ2n) is 5.91. The van der Waals surface area contributed by atoms with E-state index in [0.717, 1.165) is 24.0 Å². The normalized spacial score (nSPS) is 16.6. The van der Waals surface area contributed by atoms with Crippen LogP contribution in [0.5, 0.6) is 0 Å². The lowest BCUT2D eigenvalue weighted by Crippen LogP contribution is -2.35. The van der Waals surface area contributed by atoms with Crippen molar-refractivity contribution in [2.45, 2.75) is 31.8 Å². The lowest BCUT2D eigenvalue weighted by atomic mass is 10.0. The van der Waals surface area contributed by atoms with Gasteiger partial charge in [-0.1, -0.05) is 25.0 Å². The van der Waals surface area contributed by atoms with Crippen molar-refractivity contribution in [3.05, 3.63) is 48.4 Å². The van der Waals surface area contributed by atoms with Crippen molar-refractivity contribution in [3.63, 3.8) is 0 Å². The average molecular weight is 299 g/mol. The zero-order valence-corrected chi connectivity index (χ0v) is 12.5. The van der Waals surface area contributed by atoms with E-state index in [0.29, 0.717) is 18.0 Å². The lowest BCUT2D eigenvalue weighted by Gasteiger charge is -2.18. The third-order valence-corrected chi connectivity index (χ3v) is 4.40. The summed E-state index contributed by atoms with van der Waals surface area (Å²) in [6.07, 6.45) is 7.31. The third-order valence-electron chi connectivity index (χ3n) is 4.40. The highest BCUT2D eigenvalue weighted by molar-refractivity contribution is 5.95. The number of aliphatic hydroxyl groups is 1. The number of hydrogen-bond acceptors (Lipinski definition) is 3. The molecule has 1 amide bonds. The van der Waals surface area contributed by atoms with Crippen LogP contribution in [-0.4, -0.2) is 23.7 Å². The number of amides is 1. The molecule has 1 unspecified atom stereocenters. The van der Waals surface area contributed by atoms with Crippen molar-refractivity contribution in [2.24, 2.45) is 5.92 Å². The summed E-state index contributed by atoms with van der Waals surface area (Å²) in [5.41, 5.74) is 2.48. The molecule has 0 aliphatic heterocycles. The molecule has 22 heavy (non-hydrogen) atoms. The van der Waals surface area contributed by atoms with Crippen molar-refractivity contribution < 1.29 is 14.3 Å². The summed E-state index contributed by atoms with van der Waals surface area (Å²) in [6.45, 7) is 0.319. The standard InChI is InChI=1S/C18H21NO3/c20-17(13-4-1-2-5-13)11-19-18(21)15-7-3-6-14(10-15)16-8-9-22-12-16/h3,6-10,12-13,17,20H,1-2,4-5,11H2,(H,19,21). The van der Waals surface area contributed by atoms with Gasteiger partial charge in [0, 0.05) is 17.7 Å². The van der Waals surface area contributed by atoms with Gasteiger partial charge in [0.25, 0.3) is 5.91 Å². The number of hydrogen-bond donors (Lipinski definition) is 2. The van der Waals surface area contributed by atoms with Crippen molar-refractivity contribution in [2.75, 3.05) is 6.54 Å². The number of aliphatic hydroxyl groups excluding tert-OH is 1. The molecule has 0 saturated heterocycles. The Morgan fingerprint density at radius 3 is 2.82 bits per heavy atom. The number of nitrogens with one attached hydrogen (secondary N) is 1. The summed E-state index contributed by atoms with van der Waals surface area (Å²) >= 11 is 0. The van der Waals surface area contributed by atoms with Gasteiger partial charge in [-0.2, -0.15) is 0 Å². The van der Waals surface area contributed by atoms with E-state index < -0.39 is 6.10 Å². The topological polar surface area (TPSA) is 62.5 Å². The number of rotatable bonds is 5. The fraction of sp³-hybridized carbons (Fsp3) is 0.389. The first-order valence-corrected chi connectivity index (χ1v) is 7.83. The zero-order chi connectivity index (χ0) is 15.4. The Labute approximate surface area is 130 Å². The van der Waals surface area contributed by atoms with E-state index in [1.807, 2.05) is 24.3 Å². The Morgan fingerprint density at radius 1 is 1.27 bits per heavy atom. The maximum Gasteiger partial charge on any atom is 0.251 e. The number of carbonyl (C=O) groups is 1. The van der Waals surface area contributed by atoms with Gasteiger partial charge < -0.3 is 14.8 Å². The van der Waals surface area contributed by atoms with Gasteiger partial charge in [-0.15, -0.1) is 0 Å². The highest BCUT2D eigenvalue weighted by atomic mass is 16.3. The molecule has 1 fully saturated rings. The predicted octanol–water partition coefficient (Wildman–Crippen LogP) is 3.23. The van der Waals surface area contributed by atoms with Gasteiger partial charge in [0.1, 0.15) is 0 Å². The molecule has 1 heterocycles. The monoisotopic (exact) mass is 299 g/mol. The van der Waals surface area contributed by atoms with Crippen LogP contribution in [0, 0.1) is 5.92 Å². The minimum Gasteiger partial charge on any atom is -0.472 e. The van der Waals surface area contributed by atoms with Crippen LogP contribution in [0.15, 0.2) is 47.3 Å². The van der Waals surface area contributed by atoms with Crippen molar-refractivity contribution in [1.82, 2.24) is 5.32 Å². The van der Waals surface area contributed by atoms with Crippen molar-refractivity contribution in [1.29, 1.82) is 0 Å². The van der Waals surface area contributed by atoms with Gasteiger partial charge in [-0.3, -0.25) is 4.79 Å². The second kappa shape index (κ2) is 6.79. The van der Waals surface area contributed by atoms with Crippen LogP contribution in [0.3, 0.4) is 0 Å². The fourth-order valence-electron chi connectivity index (χ4n) is 3.08. The summed E-state index contributed by atoms with van der Waals surface area (Å²) in [6, 6.07) is 9.27. The molecule has 4 nitrogen and oxygen atoms in total. The maximum atomic E-state index is 12.2. The van der Waals surface area contributed by atoms with E-state index in [1.54, 1.807) is 18.6 Å². The van der Waals surface area contributed by atoms with E-state index in [4.69, 9.17) is 4.42 Å². The van der Waals surface area contributed by atoms with Crippen LogP contribution in [-0.2, 0) is 0 Å². The highest BCUT2D eigenvalue weighted by Crippen LogP contribution is 2.27. The first-order chi connectivity index (χ1) is 10.7. The van der Waals surface area contributed by atoms with Gasteiger partial charge in [0.2, 0.25) is 0 Å². The molecule has 1 saturated carbocycles. The highest BCUT2D eigenvalue weighted by Gasteiger charge is 2.23. The average Bonchev–Trinajstić information content (AvgIpc) is 3.25. The van der Waals surface area contributed by atoms with Crippen molar-refractivity contribution in [3.8, 4) is 11.1 Å². The fourth-order valence-corrected chi connectivity index (χ4v) is 3.08. The molecule has 1 aliphatic rings. The molecule has 0 spiro atoms. The first-order valence-electron chi connectivity index (χ1n) is 7.83. The van der Waals surface area contributed by atoms with E-state index >= 15 is 0 Å². The molecular formula is C18H21NO3. The first kappa shape index (κ1) is 14.9. The number of benzene rings is 1. The molecule has 3 rings (SSSR count). The van der Waals surface area contributed by atoms with E-state index in [-0.39, 0.29) is 5.91 Å². The summed E-state index contributed by atoms with van der Waals surface area (Å²) in [7, 11) is 0. The molecule has 1 aromatic heterocycles. The zero-order valence-electron chi connectivity index (χ0n) is 12.5. The summed E-state index contributed by atoms with van der Waals surface area (Å²) < 4.78 is 5.07. The van der Waals surface area contributed by atoms with Gasteiger partial charge in [-0.25, -0.2) is 0 Å². The Morgan fingerprint density at radius 2 is 2.09 bits per heavy atom. The third kappa shape index (κ3) is 3.39. The molecule has 4 heteroatoms. The maximum absolute atomic E-state index is 12.2. The minimum absolute atomic E-state index is 0.151. The second-order valence-corrected chi connectivity index (χ2v) is 5.91. The largest absolute Gasteiger partial charge is 0.472 e. The summed E-state index contributed by atoms with van der Waals surface area (Å²) in [4.78, 5) is 12.2. The van der Waals surface area contributed by atoms with E-state index in [2.05, 4.69) is 5.32 Å². The Bertz CT molecular complexity index is 615. The summed E-state index contributed by atoms with van der Waals surface area (Å²) in [5.74, 6) is 0.181. The molecule has 0 bridgehead atoms. The SMILES string of the molecule is O=C(NCC(O)C1CCCC1)c1cccc(-c2ccoc2)c1. The predicted molar refractivity (Wildman–Crippen MR) is 84.4 cm³/mol. The van der Waals surface area contributed by atoms with Crippen LogP contribution in [0.4, 0.5) is 0 Å². The quantitative estimate of drug-likeness (QED) is 0.891. The van der Waals surface area contributed by atoms with Gasteiger partial charge >= 0.3 is 0 Å². The molecule has 2 aromatic rings. The molecule has 1 aromatic carbocycles. The molecule has 116 valence electrons. The van der Waals surface area contributed by atoms with Gasteiger partial charge in [-0.05, 0) is 42.5 Å². The van der Waals surface area contributed by atoms with Gasteiger partial charge in [0.15, 0.2) is 0 Å². The Kier molecular flexibility index (Phi) is 4.59. The smallest absolute Gasteiger partial charge is 0.251 e. The number of furan rings is 1. The van der Waals surface area contributed by atoms with Gasteiger partial charge in [0.05, 0.1) is 18.6 Å². The van der Waals surface area contributed by atoms with E-state index in [9.17, 15) is 9.90 Å². The van der Waals surface area contributed by atoms with E-state index in [1.165, 1.54) is 12.8 Å². The molecule has 1 aliphatic carbocycles. The van der Waals surface area contributed by atoms with Crippen LogP contribution < -0.4 is 5.32 Å². The molecule has 2 N–H and O–H groups in total. The van der Waals surface area contributed by atoms with Crippen LogP contribution in [0.2, 0.25) is 0 Å². The molecular weight excluding hydrogens is 278 g/mol. The Hall–Kier alpha value is -2.07. The summed E-state index contributed by atoms with van der Waals surface area (Å²) in [5, 5.41) is 13.0. The minimum atomic E-state index is -0.441.